The average molecular weight is 199 g/mol. The van der Waals surface area contributed by atoms with Crippen LogP contribution in [0, 0.1) is 5.92 Å². The van der Waals surface area contributed by atoms with Crippen molar-refractivity contribution in [3.05, 3.63) is 0 Å². The molecule has 1 fully saturated rings. The first-order valence-electron chi connectivity index (χ1n) is 6.01. The van der Waals surface area contributed by atoms with Crippen LogP contribution in [-0.2, 0) is 0 Å². The molecule has 0 aromatic heterocycles. The molecular weight excluding hydrogens is 174 g/mol. The molecule has 0 spiro atoms. The summed E-state index contributed by atoms with van der Waals surface area (Å²) in [5.74, 6) is 0.894. The zero-order valence-electron chi connectivity index (χ0n) is 9.68. The summed E-state index contributed by atoms with van der Waals surface area (Å²) in [5.41, 5.74) is -0.514. The van der Waals surface area contributed by atoms with Crippen LogP contribution in [-0.4, -0.2) is 23.8 Å². The highest BCUT2D eigenvalue weighted by molar-refractivity contribution is 4.70. The molecule has 2 N–H and O–H groups in total. The standard InChI is InChI=1S/C12H25NO/c1-12(2,14)8-9-13-10-11-6-4-3-5-7-11/h11,13-14H,3-10H2,1-2H3. The maximum absolute atomic E-state index is 9.51. The van der Waals surface area contributed by atoms with E-state index in [9.17, 15) is 5.11 Å². The van der Waals surface area contributed by atoms with Crippen molar-refractivity contribution < 1.29 is 5.11 Å². The smallest absolute Gasteiger partial charge is 0.0603 e. The SMILES string of the molecule is CC(C)(O)CCNCC1CCCCC1. The molecule has 2 heteroatoms. The van der Waals surface area contributed by atoms with Crippen LogP contribution >= 0.6 is 0 Å². The second-order valence-electron chi connectivity index (χ2n) is 5.27. The van der Waals surface area contributed by atoms with Gasteiger partial charge >= 0.3 is 0 Å². The Hall–Kier alpha value is -0.0800. The van der Waals surface area contributed by atoms with Gasteiger partial charge in [-0.25, -0.2) is 0 Å². The molecule has 2 nitrogen and oxygen atoms in total. The molecule has 1 saturated carbocycles. The van der Waals surface area contributed by atoms with E-state index in [1.165, 1.54) is 32.1 Å². The van der Waals surface area contributed by atoms with Crippen LogP contribution in [0.15, 0.2) is 0 Å². The fourth-order valence-electron chi connectivity index (χ4n) is 2.09. The van der Waals surface area contributed by atoms with Gasteiger partial charge in [-0.3, -0.25) is 0 Å². The van der Waals surface area contributed by atoms with Gasteiger partial charge in [-0.2, -0.15) is 0 Å². The summed E-state index contributed by atoms with van der Waals surface area (Å²) in [5, 5.41) is 13.0. The van der Waals surface area contributed by atoms with Gasteiger partial charge in [0, 0.05) is 0 Å². The molecule has 0 amide bonds. The average Bonchev–Trinajstić information content (AvgIpc) is 2.13. The molecule has 0 unspecified atom stereocenters. The Labute approximate surface area is 88.1 Å². The number of nitrogens with one attached hydrogen (secondary N) is 1. The van der Waals surface area contributed by atoms with Crippen molar-refractivity contribution in [3.63, 3.8) is 0 Å². The second-order valence-corrected chi connectivity index (χ2v) is 5.27. The van der Waals surface area contributed by atoms with Crippen molar-refractivity contribution in [3.8, 4) is 0 Å². The third kappa shape index (κ3) is 5.61. The van der Waals surface area contributed by atoms with Gasteiger partial charge in [-0.1, -0.05) is 19.3 Å². The van der Waals surface area contributed by atoms with Crippen molar-refractivity contribution in [2.24, 2.45) is 5.92 Å². The maximum atomic E-state index is 9.51. The van der Waals surface area contributed by atoms with Gasteiger partial charge in [-0.15, -0.1) is 0 Å². The Kier molecular flexibility index (Phi) is 4.90. The molecule has 1 aliphatic rings. The van der Waals surface area contributed by atoms with E-state index in [2.05, 4.69) is 5.32 Å². The van der Waals surface area contributed by atoms with Crippen LogP contribution in [0.2, 0.25) is 0 Å². The van der Waals surface area contributed by atoms with Crippen LogP contribution in [0.1, 0.15) is 52.4 Å². The normalized spacial score (nSPS) is 19.9. The summed E-state index contributed by atoms with van der Waals surface area (Å²) >= 11 is 0. The molecule has 0 bridgehead atoms. The Morgan fingerprint density at radius 1 is 1.21 bits per heavy atom. The number of rotatable bonds is 5. The summed E-state index contributed by atoms with van der Waals surface area (Å²) < 4.78 is 0. The van der Waals surface area contributed by atoms with E-state index in [1.54, 1.807) is 0 Å². The molecule has 0 radical (unpaired) electrons. The van der Waals surface area contributed by atoms with Crippen LogP contribution in [0.25, 0.3) is 0 Å². The van der Waals surface area contributed by atoms with Crippen LogP contribution < -0.4 is 5.32 Å². The van der Waals surface area contributed by atoms with E-state index in [1.807, 2.05) is 13.8 Å². The molecular formula is C12H25NO. The topological polar surface area (TPSA) is 32.3 Å². The van der Waals surface area contributed by atoms with Crippen molar-refractivity contribution in [2.75, 3.05) is 13.1 Å². The van der Waals surface area contributed by atoms with E-state index in [-0.39, 0.29) is 0 Å². The predicted molar refractivity (Wildman–Crippen MR) is 60.4 cm³/mol. The highest BCUT2D eigenvalue weighted by atomic mass is 16.3. The summed E-state index contributed by atoms with van der Waals surface area (Å²) in [6.07, 6.45) is 7.90. The third-order valence-electron chi connectivity index (χ3n) is 3.07. The lowest BCUT2D eigenvalue weighted by molar-refractivity contribution is 0.0708. The van der Waals surface area contributed by atoms with E-state index >= 15 is 0 Å². The van der Waals surface area contributed by atoms with Crippen LogP contribution in [0.3, 0.4) is 0 Å². The monoisotopic (exact) mass is 199 g/mol. The highest BCUT2D eigenvalue weighted by Gasteiger charge is 2.14. The van der Waals surface area contributed by atoms with Gasteiger partial charge < -0.3 is 10.4 Å². The van der Waals surface area contributed by atoms with E-state index in [0.717, 1.165) is 25.4 Å². The number of hydrogen-bond donors (Lipinski definition) is 2. The van der Waals surface area contributed by atoms with Crippen LogP contribution in [0.4, 0.5) is 0 Å². The molecule has 1 rings (SSSR count). The second kappa shape index (κ2) is 5.72. The summed E-state index contributed by atoms with van der Waals surface area (Å²) in [4.78, 5) is 0. The van der Waals surface area contributed by atoms with Gasteiger partial charge in [0.25, 0.3) is 0 Å². The molecule has 0 saturated heterocycles. The minimum absolute atomic E-state index is 0.514. The van der Waals surface area contributed by atoms with Crippen molar-refractivity contribution in [1.29, 1.82) is 0 Å². The Bertz CT molecular complexity index is 145. The fraction of sp³-hybridized carbons (Fsp3) is 1.00. The van der Waals surface area contributed by atoms with Crippen LogP contribution in [0.5, 0.6) is 0 Å². The van der Waals surface area contributed by atoms with Gasteiger partial charge in [0.05, 0.1) is 5.60 Å². The predicted octanol–water partition coefficient (Wildman–Crippen LogP) is 2.32. The Morgan fingerprint density at radius 3 is 2.43 bits per heavy atom. The van der Waals surface area contributed by atoms with Gasteiger partial charge in [0.2, 0.25) is 0 Å². The quantitative estimate of drug-likeness (QED) is 0.666. The Morgan fingerprint density at radius 2 is 1.86 bits per heavy atom. The summed E-state index contributed by atoms with van der Waals surface area (Å²) in [7, 11) is 0. The summed E-state index contributed by atoms with van der Waals surface area (Å²) in [6, 6.07) is 0. The van der Waals surface area contributed by atoms with Gasteiger partial charge in [0.1, 0.15) is 0 Å². The molecule has 0 aromatic rings. The molecule has 0 aliphatic heterocycles. The zero-order valence-corrected chi connectivity index (χ0v) is 9.68. The maximum Gasteiger partial charge on any atom is 0.0603 e. The first-order valence-corrected chi connectivity index (χ1v) is 6.01. The molecule has 0 atom stereocenters. The largest absolute Gasteiger partial charge is 0.390 e. The number of hydrogen-bond acceptors (Lipinski definition) is 2. The van der Waals surface area contributed by atoms with Crippen molar-refractivity contribution >= 4 is 0 Å². The van der Waals surface area contributed by atoms with Gasteiger partial charge in [0.15, 0.2) is 0 Å². The lowest BCUT2D eigenvalue weighted by atomic mass is 9.89. The van der Waals surface area contributed by atoms with Gasteiger partial charge in [-0.05, 0) is 52.1 Å². The fourth-order valence-corrected chi connectivity index (χ4v) is 2.09. The lowest BCUT2D eigenvalue weighted by Gasteiger charge is -2.23. The molecule has 84 valence electrons. The first-order chi connectivity index (χ1) is 6.58. The highest BCUT2D eigenvalue weighted by Crippen LogP contribution is 2.22. The zero-order chi connectivity index (χ0) is 10.4. The molecule has 0 aromatic carbocycles. The molecule has 1 aliphatic carbocycles. The summed E-state index contributed by atoms with van der Waals surface area (Å²) in [6.45, 7) is 5.83. The number of aliphatic hydroxyl groups is 1. The lowest BCUT2D eigenvalue weighted by Crippen LogP contribution is -2.30. The minimum Gasteiger partial charge on any atom is -0.390 e. The minimum atomic E-state index is -0.514. The van der Waals surface area contributed by atoms with E-state index < -0.39 is 5.60 Å². The third-order valence-corrected chi connectivity index (χ3v) is 3.07. The Balaban J connectivity index is 1.97. The van der Waals surface area contributed by atoms with Crippen molar-refractivity contribution in [2.45, 2.75) is 58.0 Å². The van der Waals surface area contributed by atoms with E-state index in [4.69, 9.17) is 0 Å². The van der Waals surface area contributed by atoms with Crippen molar-refractivity contribution in [1.82, 2.24) is 5.32 Å². The molecule has 14 heavy (non-hydrogen) atoms. The van der Waals surface area contributed by atoms with E-state index in [0.29, 0.717) is 0 Å². The molecule has 0 heterocycles. The first kappa shape index (κ1) is 12.0.